The van der Waals surface area contributed by atoms with Gasteiger partial charge >= 0.3 is 7.82 Å². The van der Waals surface area contributed by atoms with E-state index >= 15 is 0 Å². The van der Waals surface area contributed by atoms with Crippen molar-refractivity contribution in [3.8, 4) is 5.88 Å². The first kappa shape index (κ1) is 19.3. The molecule has 3 fully saturated rings. The Balaban J connectivity index is 1.54. The van der Waals surface area contributed by atoms with Crippen LogP contribution in [0.3, 0.4) is 0 Å². The third-order valence-corrected chi connectivity index (χ3v) is 6.96. The zero-order valence-corrected chi connectivity index (χ0v) is 17.5. The Morgan fingerprint density at radius 3 is 2.83 bits per heavy atom. The van der Waals surface area contributed by atoms with Crippen LogP contribution < -0.4 is 4.74 Å². The maximum Gasteiger partial charge on any atom is 0.475 e. The first-order chi connectivity index (χ1) is 13.8. The van der Waals surface area contributed by atoms with Gasteiger partial charge in [-0.05, 0) is 20.8 Å². The minimum absolute atomic E-state index is 0.0836. The van der Waals surface area contributed by atoms with Crippen molar-refractivity contribution in [2.75, 3.05) is 20.3 Å². The molecule has 0 N–H and O–H groups in total. The van der Waals surface area contributed by atoms with Gasteiger partial charge < -0.3 is 14.2 Å². The number of nitrogens with zero attached hydrogens (tertiary/aromatic N) is 4. The zero-order chi connectivity index (χ0) is 20.4. The molecule has 0 radical (unpaired) electrons. The molecule has 29 heavy (non-hydrogen) atoms. The summed E-state index contributed by atoms with van der Waals surface area (Å²) in [6.45, 7) is 5.96. The van der Waals surface area contributed by atoms with Crippen molar-refractivity contribution in [3.05, 3.63) is 12.2 Å². The maximum atomic E-state index is 12.9. The monoisotopic (exact) mass is 426 g/mol. The number of phosphoric ester groups is 1. The molecule has 5 rings (SSSR count). The Hall–Kier alpha value is -1.62. The molecule has 0 saturated carbocycles. The minimum Gasteiger partial charge on any atom is -0.479 e. The van der Waals surface area contributed by atoms with Crippen LogP contribution in [-0.4, -0.2) is 63.8 Å². The summed E-state index contributed by atoms with van der Waals surface area (Å²) in [6, 6.07) is 0. The van der Waals surface area contributed by atoms with Gasteiger partial charge in [0, 0.05) is 6.42 Å². The minimum atomic E-state index is -3.70. The topological polar surface area (TPSA) is 116 Å². The largest absolute Gasteiger partial charge is 0.479 e. The lowest BCUT2D eigenvalue weighted by molar-refractivity contribution is -0.224. The highest BCUT2D eigenvalue weighted by atomic mass is 31.2. The van der Waals surface area contributed by atoms with E-state index in [4.69, 9.17) is 27.8 Å². The summed E-state index contributed by atoms with van der Waals surface area (Å²) in [5.41, 5.74) is 0.261. The average molecular weight is 426 g/mol. The maximum absolute atomic E-state index is 12.9. The fourth-order valence-corrected chi connectivity index (χ4v) is 5.71. The summed E-state index contributed by atoms with van der Waals surface area (Å²) in [5, 5.41) is 0. The molecule has 2 aromatic heterocycles. The molecule has 3 saturated heterocycles. The molecule has 0 bridgehead atoms. The summed E-state index contributed by atoms with van der Waals surface area (Å²) in [7, 11) is -2.16. The molecule has 0 aliphatic carbocycles. The summed E-state index contributed by atoms with van der Waals surface area (Å²) < 4.78 is 49.0. The third kappa shape index (κ3) is 2.91. The second-order valence-electron chi connectivity index (χ2n) is 7.61. The van der Waals surface area contributed by atoms with Gasteiger partial charge in [-0.15, -0.1) is 0 Å². The van der Waals surface area contributed by atoms with Gasteiger partial charge in [0.05, 0.1) is 32.8 Å². The first-order valence-electron chi connectivity index (χ1n) is 9.51. The van der Waals surface area contributed by atoms with E-state index in [1.54, 1.807) is 31.7 Å². The zero-order valence-electron chi connectivity index (χ0n) is 16.6. The standard InChI is InChI=1S/C17H23N4O7P/c1-9(2)27-29(22)25-7-11-13(28-29)17(5-6-24-17)16(26-11)21-8-18-12-14(21)19-10(3)20-15(12)23-4/h8-9,11,13,16H,5-7H2,1-4H3/t11?,13-,16?,17-,29?/m1/s1. The number of phosphoric acid groups is 1. The van der Waals surface area contributed by atoms with Crippen molar-refractivity contribution in [2.45, 2.75) is 57.3 Å². The lowest BCUT2D eigenvalue weighted by Crippen LogP contribution is -2.58. The molecule has 11 nitrogen and oxygen atoms in total. The van der Waals surface area contributed by atoms with Crippen LogP contribution in [0.4, 0.5) is 0 Å². The van der Waals surface area contributed by atoms with E-state index in [1.165, 1.54) is 7.11 Å². The summed E-state index contributed by atoms with van der Waals surface area (Å²) in [6.07, 6.45) is 0.351. The van der Waals surface area contributed by atoms with Crippen molar-refractivity contribution in [3.63, 3.8) is 0 Å². The number of aromatic nitrogens is 4. The number of imidazole rings is 1. The van der Waals surface area contributed by atoms with Gasteiger partial charge in [-0.2, -0.15) is 4.98 Å². The van der Waals surface area contributed by atoms with E-state index in [2.05, 4.69) is 15.0 Å². The van der Waals surface area contributed by atoms with Gasteiger partial charge in [0.1, 0.15) is 23.6 Å². The van der Waals surface area contributed by atoms with Crippen molar-refractivity contribution in [1.82, 2.24) is 19.5 Å². The number of fused-ring (bicyclic) bond motifs is 3. The van der Waals surface area contributed by atoms with E-state index in [-0.39, 0.29) is 12.7 Å². The molecule has 3 aliphatic rings. The molecular formula is C17H23N4O7P. The summed E-state index contributed by atoms with van der Waals surface area (Å²) in [5.74, 6) is 0.934. The molecule has 12 heteroatoms. The van der Waals surface area contributed by atoms with Crippen molar-refractivity contribution >= 4 is 19.0 Å². The lowest BCUT2D eigenvalue weighted by Gasteiger charge is -2.46. The second kappa shape index (κ2) is 6.69. The number of hydrogen-bond acceptors (Lipinski definition) is 10. The molecule has 5 heterocycles. The van der Waals surface area contributed by atoms with Gasteiger partial charge in [0.15, 0.2) is 17.4 Å². The SMILES string of the molecule is COc1nc(C)nc2c1ncn2C1OC2COP(=O)(OC(C)C)O[C@H]2[C@]12CCO2. The van der Waals surface area contributed by atoms with Crippen LogP contribution in [0, 0.1) is 6.92 Å². The Kier molecular flexibility index (Phi) is 4.47. The molecule has 1 spiro atoms. The van der Waals surface area contributed by atoms with Crippen LogP contribution >= 0.6 is 7.82 Å². The second-order valence-corrected chi connectivity index (χ2v) is 9.18. The molecule has 0 aromatic carbocycles. The highest BCUT2D eigenvalue weighted by Gasteiger charge is 2.66. The Labute approximate surface area is 167 Å². The molecule has 3 unspecified atom stereocenters. The molecule has 158 valence electrons. The van der Waals surface area contributed by atoms with Gasteiger partial charge in [-0.25, -0.2) is 14.5 Å². The van der Waals surface area contributed by atoms with Crippen LogP contribution in [0.1, 0.15) is 32.3 Å². The van der Waals surface area contributed by atoms with Crippen LogP contribution in [-0.2, 0) is 27.6 Å². The average Bonchev–Trinajstić information content (AvgIpc) is 3.17. The predicted molar refractivity (Wildman–Crippen MR) is 98.5 cm³/mol. The molecule has 0 amide bonds. The van der Waals surface area contributed by atoms with Crippen LogP contribution in [0.5, 0.6) is 5.88 Å². The van der Waals surface area contributed by atoms with Gasteiger partial charge in [0.2, 0.25) is 5.88 Å². The first-order valence-corrected chi connectivity index (χ1v) is 11.0. The predicted octanol–water partition coefficient (Wildman–Crippen LogP) is 2.15. The molecule has 3 aliphatic heterocycles. The molecule has 2 aromatic rings. The Morgan fingerprint density at radius 2 is 2.17 bits per heavy atom. The fourth-order valence-electron chi connectivity index (χ4n) is 4.11. The van der Waals surface area contributed by atoms with Crippen molar-refractivity contribution < 1.29 is 32.3 Å². The van der Waals surface area contributed by atoms with Crippen LogP contribution in [0.15, 0.2) is 6.33 Å². The number of hydrogen-bond donors (Lipinski definition) is 0. The van der Waals surface area contributed by atoms with Gasteiger partial charge in [-0.1, -0.05) is 0 Å². The quantitative estimate of drug-likeness (QED) is 0.673. The Bertz CT molecular complexity index is 992. The number of rotatable bonds is 4. The van der Waals surface area contributed by atoms with Crippen LogP contribution in [0.2, 0.25) is 0 Å². The highest BCUT2D eigenvalue weighted by molar-refractivity contribution is 7.48. The van der Waals surface area contributed by atoms with E-state index in [0.717, 1.165) is 0 Å². The smallest absolute Gasteiger partial charge is 0.475 e. The lowest BCUT2D eigenvalue weighted by atomic mass is 9.86. The fraction of sp³-hybridized carbons (Fsp3) is 0.706. The highest BCUT2D eigenvalue weighted by Crippen LogP contribution is 2.62. The Morgan fingerprint density at radius 1 is 1.38 bits per heavy atom. The van der Waals surface area contributed by atoms with Crippen LogP contribution in [0.25, 0.3) is 11.2 Å². The van der Waals surface area contributed by atoms with Gasteiger partial charge in [0.25, 0.3) is 0 Å². The van der Waals surface area contributed by atoms with E-state index in [1.807, 2.05) is 0 Å². The number of methoxy groups -OCH3 is 1. The van der Waals surface area contributed by atoms with Gasteiger partial charge in [-0.3, -0.25) is 18.1 Å². The van der Waals surface area contributed by atoms with Crippen molar-refractivity contribution in [2.24, 2.45) is 0 Å². The van der Waals surface area contributed by atoms with E-state index in [9.17, 15) is 4.57 Å². The molecule has 5 atom stereocenters. The van der Waals surface area contributed by atoms with E-state index < -0.39 is 31.9 Å². The summed E-state index contributed by atoms with van der Waals surface area (Å²) in [4.78, 5) is 13.2. The molecular weight excluding hydrogens is 403 g/mol. The summed E-state index contributed by atoms with van der Waals surface area (Å²) >= 11 is 0. The third-order valence-electron chi connectivity index (χ3n) is 5.33. The van der Waals surface area contributed by atoms with Crippen molar-refractivity contribution in [1.29, 1.82) is 0 Å². The normalized spacial score (nSPS) is 36.5. The number of ether oxygens (including phenoxy) is 3. The number of aryl methyl sites for hydroxylation is 1. The van der Waals surface area contributed by atoms with E-state index in [0.29, 0.717) is 35.9 Å².